The number of hydrogen-bond acceptors (Lipinski definition) is 3. The minimum absolute atomic E-state index is 0. The Labute approximate surface area is 171 Å². The van der Waals surface area contributed by atoms with E-state index >= 15 is 0 Å². The Morgan fingerprint density at radius 1 is 1.15 bits per heavy atom. The summed E-state index contributed by atoms with van der Waals surface area (Å²) in [5, 5.41) is 5.86. The van der Waals surface area contributed by atoms with Crippen LogP contribution in [0.2, 0.25) is 0 Å². The topological polar surface area (TPSA) is 88.7 Å². The number of amides is 1. The molecule has 0 atom stereocenters. The molecule has 26 heavy (non-hydrogen) atoms. The second-order valence-electron chi connectivity index (χ2n) is 5.76. The molecule has 0 spiro atoms. The summed E-state index contributed by atoms with van der Waals surface area (Å²) < 4.78 is 5.11. The molecule has 1 amide bonds. The van der Waals surface area contributed by atoms with Crippen LogP contribution in [-0.2, 0) is 0 Å². The summed E-state index contributed by atoms with van der Waals surface area (Å²) in [6.07, 6.45) is 0. The standard InChI is InChI=1S/C19H24N4O2.HI/c1-13-9-14(2)11-16(10-13)23-19(20)22-8-7-21-18(24)15-5-4-6-17(12-15)25-3;/h4-6,9-12H,7-8H2,1-3H3,(H,21,24)(H3,20,22,23);1H. The number of rotatable bonds is 6. The van der Waals surface area contributed by atoms with Gasteiger partial charge in [0, 0.05) is 17.8 Å². The molecule has 0 heterocycles. The Hall–Kier alpha value is -2.29. The van der Waals surface area contributed by atoms with Gasteiger partial charge in [-0.15, -0.1) is 24.0 Å². The smallest absolute Gasteiger partial charge is 0.251 e. The van der Waals surface area contributed by atoms with Crippen LogP contribution < -0.4 is 21.1 Å². The number of ether oxygens (including phenoxy) is 1. The van der Waals surface area contributed by atoms with Crippen molar-refractivity contribution in [3.05, 3.63) is 59.2 Å². The van der Waals surface area contributed by atoms with Crippen molar-refractivity contribution in [3.63, 3.8) is 0 Å². The van der Waals surface area contributed by atoms with E-state index in [9.17, 15) is 4.79 Å². The number of halogens is 1. The zero-order valence-electron chi connectivity index (χ0n) is 15.2. The summed E-state index contributed by atoms with van der Waals surface area (Å²) in [5.74, 6) is 0.795. The largest absolute Gasteiger partial charge is 0.497 e. The van der Waals surface area contributed by atoms with Gasteiger partial charge in [-0.25, -0.2) is 0 Å². The first-order chi connectivity index (χ1) is 12.0. The first kappa shape index (κ1) is 21.8. The van der Waals surface area contributed by atoms with Crippen molar-refractivity contribution in [1.82, 2.24) is 5.32 Å². The Kier molecular flexibility index (Phi) is 8.91. The van der Waals surface area contributed by atoms with E-state index in [1.54, 1.807) is 31.4 Å². The van der Waals surface area contributed by atoms with Crippen molar-refractivity contribution >= 4 is 41.5 Å². The summed E-state index contributed by atoms with van der Waals surface area (Å²) in [4.78, 5) is 16.3. The van der Waals surface area contributed by atoms with Crippen LogP contribution in [-0.4, -0.2) is 32.1 Å². The maximum atomic E-state index is 12.1. The number of aryl methyl sites for hydroxylation is 2. The molecule has 0 saturated heterocycles. The molecular formula is C19H25IN4O2. The first-order valence-corrected chi connectivity index (χ1v) is 8.05. The molecule has 0 bridgehead atoms. The van der Waals surface area contributed by atoms with Crippen LogP contribution >= 0.6 is 24.0 Å². The lowest BCUT2D eigenvalue weighted by atomic mass is 10.1. The van der Waals surface area contributed by atoms with Gasteiger partial charge in [0.15, 0.2) is 5.96 Å². The average Bonchev–Trinajstić information content (AvgIpc) is 2.57. The number of carbonyl (C=O) groups is 1. The molecule has 6 nitrogen and oxygen atoms in total. The molecule has 2 rings (SSSR count). The van der Waals surface area contributed by atoms with Crippen molar-refractivity contribution in [3.8, 4) is 5.75 Å². The molecule has 0 unspecified atom stereocenters. The number of aliphatic imine (C=N–C) groups is 1. The minimum Gasteiger partial charge on any atom is -0.497 e. The Bertz CT molecular complexity index is 758. The number of nitrogens with one attached hydrogen (secondary N) is 2. The molecule has 2 aromatic carbocycles. The highest BCUT2D eigenvalue weighted by atomic mass is 127. The predicted octanol–water partition coefficient (Wildman–Crippen LogP) is 3.09. The van der Waals surface area contributed by atoms with Crippen LogP contribution in [0.4, 0.5) is 5.69 Å². The molecule has 4 N–H and O–H groups in total. The molecule has 0 aliphatic carbocycles. The van der Waals surface area contributed by atoms with E-state index in [0.29, 0.717) is 30.4 Å². The van der Waals surface area contributed by atoms with Crippen LogP contribution in [0.1, 0.15) is 21.5 Å². The highest BCUT2D eigenvalue weighted by Gasteiger charge is 2.05. The molecule has 0 saturated carbocycles. The van der Waals surface area contributed by atoms with Crippen LogP contribution in [0.25, 0.3) is 0 Å². The van der Waals surface area contributed by atoms with Crippen LogP contribution in [0, 0.1) is 13.8 Å². The fourth-order valence-corrected chi connectivity index (χ4v) is 2.45. The molecule has 140 valence electrons. The average molecular weight is 468 g/mol. The van der Waals surface area contributed by atoms with Gasteiger partial charge in [0.2, 0.25) is 0 Å². The first-order valence-electron chi connectivity index (χ1n) is 8.05. The molecule has 0 fully saturated rings. The fourth-order valence-electron chi connectivity index (χ4n) is 2.45. The number of carbonyl (C=O) groups excluding carboxylic acids is 1. The van der Waals surface area contributed by atoms with E-state index < -0.39 is 0 Å². The van der Waals surface area contributed by atoms with Crippen molar-refractivity contribution in [2.45, 2.75) is 13.8 Å². The van der Waals surface area contributed by atoms with Crippen molar-refractivity contribution in [2.24, 2.45) is 10.7 Å². The van der Waals surface area contributed by atoms with Crippen molar-refractivity contribution in [1.29, 1.82) is 0 Å². The lowest BCUT2D eigenvalue weighted by Gasteiger charge is -2.08. The van der Waals surface area contributed by atoms with Gasteiger partial charge < -0.3 is 21.1 Å². The third-order valence-electron chi connectivity index (χ3n) is 3.51. The van der Waals surface area contributed by atoms with Gasteiger partial charge in [0.1, 0.15) is 5.75 Å². The summed E-state index contributed by atoms with van der Waals surface area (Å²) in [6.45, 7) is 4.84. The number of nitrogens with zero attached hydrogens (tertiary/aromatic N) is 1. The summed E-state index contributed by atoms with van der Waals surface area (Å²) >= 11 is 0. The van der Waals surface area contributed by atoms with Crippen LogP contribution in [0.15, 0.2) is 47.5 Å². The molecule has 7 heteroatoms. The molecule has 0 aromatic heterocycles. The zero-order chi connectivity index (χ0) is 18.2. The Balaban J connectivity index is 0.00000338. The van der Waals surface area contributed by atoms with Gasteiger partial charge in [-0.3, -0.25) is 9.79 Å². The lowest BCUT2D eigenvalue weighted by molar-refractivity contribution is 0.0954. The molecular weight excluding hydrogens is 443 g/mol. The van der Waals surface area contributed by atoms with Gasteiger partial charge in [0.25, 0.3) is 5.91 Å². The zero-order valence-corrected chi connectivity index (χ0v) is 17.5. The van der Waals surface area contributed by atoms with Gasteiger partial charge in [-0.2, -0.15) is 0 Å². The number of methoxy groups -OCH3 is 1. The fraction of sp³-hybridized carbons (Fsp3) is 0.263. The van der Waals surface area contributed by atoms with Gasteiger partial charge in [0.05, 0.1) is 13.7 Å². The minimum atomic E-state index is -0.171. The molecule has 2 aromatic rings. The number of guanidine groups is 1. The lowest BCUT2D eigenvalue weighted by Crippen LogP contribution is -2.28. The SMILES string of the molecule is COc1cccc(C(=O)NCCN=C(N)Nc2cc(C)cc(C)c2)c1.I. The normalized spacial score (nSPS) is 10.7. The number of nitrogens with two attached hydrogens (primary N) is 1. The van der Waals surface area contributed by atoms with Gasteiger partial charge >= 0.3 is 0 Å². The highest BCUT2D eigenvalue weighted by Crippen LogP contribution is 2.13. The number of hydrogen-bond donors (Lipinski definition) is 3. The number of anilines is 1. The third-order valence-corrected chi connectivity index (χ3v) is 3.51. The van der Waals surface area contributed by atoms with Crippen LogP contribution in [0.3, 0.4) is 0 Å². The number of benzene rings is 2. The Morgan fingerprint density at radius 3 is 2.50 bits per heavy atom. The van der Waals surface area contributed by atoms with E-state index in [4.69, 9.17) is 10.5 Å². The van der Waals surface area contributed by atoms with E-state index in [-0.39, 0.29) is 29.9 Å². The predicted molar refractivity (Wildman–Crippen MR) is 117 cm³/mol. The monoisotopic (exact) mass is 468 g/mol. The quantitative estimate of drug-likeness (QED) is 0.263. The van der Waals surface area contributed by atoms with Crippen molar-refractivity contribution < 1.29 is 9.53 Å². The van der Waals surface area contributed by atoms with E-state index in [1.807, 2.05) is 26.0 Å². The second-order valence-corrected chi connectivity index (χ2v) is 5.76. The molecule has 0 aliphatic heterocycles. The Morgan fingerprint density at radius 2 is 1.85 bits per heavy atom. The molecule has 0 aliphatic rings. The van der Waals surface area contributed by atoms with Gasteiger partial charge in [-0.05, 0) is 55.3 Å². The summed E-state index contributed by atoms with van der Waals surface area (Å²) in [5.41, 5.74) is 9.64. The summed E-state index contributed by atoms with van der Waals surface area (Å²) in [7, 11) is 1.57. The maximum Gasteiger partial charge on any atom is 0.251 e. The van der Waals surface area contributed by atoms with E-state index in [2.05, 4.69) is 21.7 Å². The summed E-state index contributed by atoms with van der Waals surface area (Å²) in [6, 6.07) is 13.1. The van der Waals surface area contributed by atoms with E-state index in [0.717, 1.165) is 16.8 Å². The third kappa shape index (κ3) is 6.91. The molecule has 0 radical (unpaired) electrons. The second kappa shape index (κ2) is 10.6. The highest BCUT2D eigenvalue weighted by molar-refractivity contribution is 14.0. The van der Waals surface area contributed by atoms with Crippen LogP contribution in [0.5, 0.6) is 5.75 Å². The van der Waals surface area contributed by atoms with Crippen molar-refractivity contribution in [2.75, 3.05) is 25.5 Å². The van der Waals surface area contributed by atoms with E-state index in [1.165, 1.54) is 0 Å². The maximum absolute atomic E-state index is 12.1. The van der Waals surface area contributed by atoms with Gasteiger partial charge in [-0.1, -0.05) is 12.1 Å².